The number of esters is 1. The molecule has 0 aromatic rings. The first-order valence-electron chi connectivity index (χ1n) is 7.19. The summed E-state index contributed by atoms with van der Waals surface area (Å²) in [5.41, 5.74) is 0.180. The maximum absolute atomic E-state index is 11.7. The predicted molar refractivity (Wildman–Crippen MR) is 93.1 cm³/mol. The molecule has 0 saturated heterocycles. The average Bonchev–Trinajstić information content (AvgIpc) is 2.58. The molecule has 0 amide bonds. The van der Waals surface area contributed by atoms with Crippen LogP contribution < -0.4 is 4.72 Å². The van der Waals surface area contributed by atoms with E-state index in [9.17, 15) is 9.90 Å². The van der Waals surface area contributed by atoms with Gasteiger partial charge in [-0.1, -0.05) is 25.8 Å². The van der Waals surface area contributed by atoms with Crippen molar-refractivity contribution in [1.29, 1.82) is 0 Å². The van der Waals surface area contributed by atoms with Gasteiger partial charge in [-0.05, 0) is 58.4 Å². The minimum atomic E-state index is -0.852. The fourth-order valence-corrected chi connectivity index (χ4v) is 4.21. The maximum Gasteiger partial charge on any atom is 0.337 e. The minimum Gasteiger partial charge on any atom is -0.465 e. The highest BCUT2D eigenvalue weighted by Gasteiger charge is 2.36. The van der Waals surface area contributed by atoms with E-state index in [1.807, 2.05) is 0 Å². The van der Waals surface area contributed by atoms with Gasteiger partial charge < -0.3 is 14.6 Å². The van der Waals surface area contributed by atoms with Gasteiger partial charge in [-0.25, -0.2) is 4.79 Å². The number of hydrogen-bond donors (Lipinski definition) is 2. The second kappa shape index (κ2) is 7.53. The fraction of sp³-hybridized carbons (Fsp3) is 0.438. The SMILES string of the molecule is C=C1/C=C(C(=O)OC)\C=C/NS/C(C2(O)CCCCC2)=C\1Br. The van der Waals surface area contributed by atoms with Gasteiger partial charge >= 0.3 is 5.97 Å². The number of carbonyl (C=O) groups excluding carboxylic acids is 1. The first-order valence-corrected chi connectivity index (χ1v) is 8.80. The second-order valence-corrected chi connectivity index (χ2v) is 7.05. The van der Waals surface area contributed by atoms with Gasteiger partial charge in [0.25, 0.3) is 0 Å². The molecule has 0 radical (unpaired) electrons. The summed E-state index contributed by atoms with van der Waals surface area (Å²) in [5, 5.41) is 11.0. The van der Waals surface area contributed by atoms with Crippen LogP contribution in [0.25, 0.3) is 0 Å². The molecule has 0 unspecified atom stereocenters. The number of rotatable bonds is 2. The van der Waals surface area contributed by atoms with Crippen molar-refractivity contribution in [3.05, 3.63) is 45.5 Å². The molecule has 2 N–H and O–H groups in total. The Morgan fingerprint density at radius 1 is 1.45 bits per heavy atom. The Hall–Kier alpha value is -0.980. The standard InChI is InChI=1S/C16H20BrNO3S/c1-11-10-12(15(19)21-2)6-9-18-22-14(13(11)17)16(20)7-4-3-5-8-16/h6,9-10,18,20H,1,3-5,7-8H2,2H3/b9-6-,12-10+,14-13+. The number of carbonyl (C=O) groups is 1. The summed E-state index contributed by atoms with van der Waals surface area (Å²) in [4.78, 5) is 12.6. The number of nitrogens with one attached hydrogen (secondary N) is 1. The van der Waals surface area contributed by atoms with Crippen molar-refractivity contribution < 1.29 is 14.6 Å². The number of allylic oxidation sites excluding steroid dienone is 3. The molecule has 1 heterocycles. The molecule has 1 aliphatic heterocycles. The smallest absolute Gasteiger partial charge is 0.337 e. The van der Waals surface area contributed by atoms with Crippen molar-refractivity contribution in [2.45, 2.75) is 37.7 Å². The zero-order valence-corrected chi connectivity index (χ0v) is 14.9. The Morgan fingerprint density at radius 3 is 2.77 bits per heavy atom. The minimum absolute atomic E-state index is 0.398. The molecule has 0 atom stereocenters. The normalized spacial score (nSPS) is 29.2. The Balaban J connectivity index is 2.39. The highest BCUT2D eigenvalue weighted by atomic mass is 79.9. The van der Waals surface area contributed by atoms with Crippen LogP contribution in [-0.2, 0) is 9.53 Å². The summed E-state index contributed by atoms with van der Waals surface area (Å²) in [7, 11) is 1.34. The number of halogens is 1. The van der Waals surface area contributed by atoms with Gasteiger partial charge in [0.15, 0.2) is 0 Å². The molecule has 0 spiro atoms. The van der Waals surface area contributed by atoms with Crippen LogP contribution in [-0.4, -0.2) is 23.8 Å². The van der Waals surface area contributed by atoms with Crippen LogP contribution in [0.2, 0.25) is 0 Å². The molecule has 6 heteroatoms. The van der Waals surface area contributed by atoms with Crippen LogP contribution in [0.1, 0.15) is 32.1 Å². The zero-order valence-electron chi connectivity index (χ0n) is 12.5. The third-order valence-electron chi connectivity index (χ3n) is 3.83. The van der Waals surface area contributed by atoms with E-state index in [1.54, 1.807) is 18.4 Å². The number of hydrogen-bond acceptors (Lipinski definition) is 5. The van der Waals surface area contributed by atoms with Gasteiger partial charge in [-0.2, -0.15) is 0 Å². The molecule has 1 saturated carbocycles. The van der Waals surface area contributed by atoms with Crippen molar-refractivity contribution in [3.63, 3.8) is 0 Å². The van der Waals surface area contributed by atoms with Gasteiger partial charge in [0.05, 0.1) is 23.2 Å². The van der Waals surface area contributed by atoms with Crippen LogP contribution in [0.15, 0.2) is 45.5 Å². The van der Waals surface area contributed by atoms with E-state index in [2.05, 4.69) is 27.2 Å². The third kappa shape index (κ3) is 3.86. The van der Waals surface area contributed by atoms with Crippen LogP contribution in [0, 0.1) is 0 Å². The van der Waals surface area contributed by atoms with E-state index in [1.165, 1.54) is 19.1 Å². The first-order chi connectivity index (χ1) is 10.5. The van der Waals surface area contributed by atoms with Crippen molar-refractivity contribution in [2.75, 3.05) is 7.11 Å². The molecule has 1 fully saturated rings. The Labute approximate surface area is 143 Å². The fourth-order valence-electron chi connectivity index (χ4n) is 2.61. The van der Waals surface area contributed by atoms with E-state index in [0.29, 0.717) is 11.1 Å². The maximum atomic E-state index is 11.7. The lowest BCUT2D eigenvalue weighted by Gasteiger charge is -2.34. The van der Waals surface area contributed by atoms with Crippen molar-refractivity contribution in [3.8, 4) is 0 Å². The summed E-state index contributed by atoms with van der Waals surface area (Å²) in [5.74, 6) is -0.427. The lowest BCUT2D eigenvalue weighted by Crippen LogP contribution is -2.33. The number of ether oxygens (including phenoxy) is 1. The number of aliphatic hydroxyl groups is 1. The van der Waals surface area contributed by atoms with Crippen molar-refractivity contribution in [1.82, 2.24) is 4.72 Å². The molecule has 4 nitrogen and oxygen atoms in total. The first kappa shape index (κ1) is 17.4. The predicted octanol–water partition coefficient (Wildman–Crippen LogP) is 3.71. The average molecular weight is 386 g/mol. The van der Waals surface area contributed by atoms with Gasteiger partial charge in [0.2, 0.25) is 0 Å². The van der Waals surface area contributed by atoms with Crippen LogP contribution >= 0.6 is 27.9 Å². The summed E-state index contributed by atoms with van der Waals surface area (Å²) in [6, 6.07) is 0. The monoisotopic (exact) mass is 385 g/mol. The summed E-state index contributed by atoms with van der Waals surface area (Å²) in [6.45, 7) is 4.01. The van der Waals surface area contributed by atoms with Gasteiger partial charge in [0, 0.05) is 10.7 Å². The van der Waals surface area contributed by atoms with E-state index in [-0.39, 0.29) is 0 Å². The van der Waals surface area contributed by atoms with Crippen LogP contribution in [0.4, 0.5) is 0 Å². The van der Waals surface area contributed by atoms with Gasteiger partial charge in [-0.15, -0.1) is 0 Å². The van der Waals surface area contributed by atoms with Crippen molar-refractivity contribution in [2.24, 2.45) is 0 Å². The van der Waals surface area contributed by atoms with E-state index in [0.717, 1.165) is 41.5 Å². The summed E-state index contributed by atoms with van der Waals surface area (Å²) in [6.07, 6.45) is 9.59. The molecule has 1 aliphatic carbocycles. The largest absolute Gasteiger partial charge is 0.465 e. The number of methoxy groups -OCH3 is 1. The molecule has 22 heavy (non-hydrogen) atoms. The Kier molecular flexibility index (Phi) is 5.94. The molecular weight excluding hydrogens is 366 g/mol. The zero-order chi connectivity index (χ0) is 16.2. The highest BCUT2D eigenvalue weighted by Crippen LogP contribution is 2.43. The van der Waals surface area contributed by atoms with Crippen molar-refractivity contribution >= 4 is 33.8 Å². The second-order valence-electron chi connectivity index (χ2n) is 5.41. The third-order valence-corrected chi connectivity index (χ3v) is 6.04. The molecule has 0 bridgehead atoms. The highest BCUT2D eigenvalue weighted by molar-refractivity contribution is 9.12. The lowest BCUT2D eigenvalue weighted by atomic mass is 9.84. The molecule has 0 aromatic heterocycles. The van der Waals surface area contributed by atoms with E-state index >= 15 is 0 Å². The topological polar surface area (TPSA) is 58.6 Å². The summed E-state index contributed by atoms with van der Waals surface area (Å²) >= 11 is 4.89. The van der Waals surface area contributed by atoms with E-state index < -0.39 is 11.6 Å². The van der Waals surface area contributed by atoms with Gasteiger partial charge in [-0.3, -0.25) is 0 Å². The van der Waals surface area contributed by atoms with Crippen LogP contribution in [0.3, 0.4) is 0 Å². The Morgan fingerprint density at radius 2 is 2.14 bits per heavy atom. The summed E-state index contributed by atoms with van der Waals surface area (Å²) < 4.78 is 8.54. The van der Waals surface area contributed by atoms with E-state index in [4.69, 9.17) is 4.74 Å². The van der Waals surface area contributed by atoms with Crippen LogP contribution in [0.5, 0.6) is 0 Å². The Bertz CT molecular complexity index is 560. The lowest BCUT2D eigenvalue weighted by molar-refractivity contribution is -0.135. The quantitative estimate of drug-likeness (QED) is 0.560. The van der Waals surface area contributed by atoms with Gasteiger partial charge in [0.1, 0.15) is 0 Å². The molecule has 2 aliphatic rings. The molecule has 0 aromatic carbocycles. The molecule has 120 valence electrons. The molecular formula is C16H20BrNO3S. The molecule has 2 rings (SSSR count).